The summed E-state index contributed by atoms with van der Waals surface area (Å²) in [6, 6.07) is 18.9. The lowest BCUT2D eigenvalue weighted by molar-refractivity contribution is -0.0140. The van der Waals surface area contributed by atoms with E-state index in [2.05, 4.69) is 28.9 Å². The number of benzene rings is 3. The maximum Gasteiger partial charge on any atom is 0.410 e. The van der Waals surface area contributed by atoms with Gasteiger partial charge in [0.15, 0.2) is 11.5 Å². The Morgan fingerprint density at radius 3 is 2.45 bits per heavy atom. The van der Waals surface area contributed by atoms with Crippen LogP contribution in [0.5, 0.6) is 11.5 Å². The molecule has 0 unspecified atom stereocenters. The molecule has 3 amide bonds. The van der Waals surface area contributed by atoms with Gasteiger partial charge in [0.05, 0.1) is 28.8 Å². The van der Waals surface area contributed by atoms with Crippen molar-refractivity contribution < 1.29 is 28.6 Å². The fourth-order valence-electron chi connectivity index (χ4n) is 8.34. The van der Waals surface area contributed by atoms with E-state index in [1.165, 1.54) is 10.5 Å². The van der Waals surface area contributed by atoms with Gasteiger partial charge in [0.2, 0.25) is 0 Å². The van der Waals surface area contributed by atoms with E-state index in [-0.39, 0.29) is 49.1 Å². The van der Waals surface area contributed by atoms with Gasteiger partial charge in [-0.1, -0.05) is 68.7 Å². The number of fused-ring (bicyclic) bond motifs is 2. The Hall–Kier alpha value is -3.85. The first-order chi connectivity index (χ1) is 22.9. The van der Waals surface area contributed by atoms with Crippen molar-refractivity contribution in [3.63, 3.8) is 0 Å². The molecule has 0 N–H and O–H groups in total. The van der Waals surface area contributed by atoms with Gasteiger partial charge in [-0.25, -0.2) is 4.79 Å². The van der Waals surface area contributed by atoms with Crippen molar-refractivity contribution in [3.05, 3.63) is 93.0 Å². The number of rotatable bonds is 10. The minimum absolute atomic E-state index is 0.0224. The molecular formula is C38H41BrN2O6. The Morgan fingerprint density at radius 1 is 0.957 bits per heavy atom. The minimum Gasteiger partial charge on any atom is -0.490 e. The molecule has 7 rings (SSSR count). The molecule has 2 aliphatic heterocycles. The molecule has 1 saturated carbocycles. The van der Waals surface area contributed by atoms with Gasteiger partial charge in [0, 0.05) is 18.0 Å². The zero-order chi connectivity index (χ0) is 32.5. The van der Waals surface area contributed by atoms with Crippen molar-refractivity contribution in [2.24, 2.45) is 5.92 Å². The number of halogens is 1. The second-order valence-electron chi connectivity index (χ2n) is 13.2. The van der Waals surface area contributed by atoms with E-state index in [4.69, 9.17) is 14.2 Å². The summed E-state index contributed by atoms with van der Waals surface area (Å²) in [7, 11) is 0. The number of likely N-dealkylation sites (tertiary alicyclic amines) is 1. The number of ether oxygens (including phenoxy) is 3. The summed E-state index contributed by atoms with van der Waals surface area (Å²) in [5.41, 5.74) is 4.23. The number of imide groups is 1. The lowest BCUT2D eigenvalue weighted by Crippen LogP contribution is -2.62. The van der Waals surface area contributed by atoms with Crippen molar-refractivity contribution in [3.8, 4) is 11.5 Å². The van der Waals surface area contributed by atoms with Crippen LogP contribution in [0.4, 0.5) is 4.79 Å². The van der Waals surface area contributed by atoms with Crippen LogP contribution in [-0.4, -0.2) is 60.1 Å². The van der Waals surface area contributed by atoms with Gasteiger partial charge in [-0.2, -0.15) is 0 Å². The fraction of sp³-hybridized carbons (Fsp3) is 0.447. The maximum atomic E-state index is 13.6. The quantitative estimate of drug-likeness (QED) is 0.159. The van der Waals surface area contributed by atoms with Crippen LogP contribution in [-0.2, 0) is 23.2 Å². The lowest BCUT2D eigenvalue weighted by atomic mass is 9.52. The molecular weight excluding hydrogens is 660 g/mol. The summed E-state index contributed by atoms with van der Waals surface area (Å²) in [4.78, 5) is 42.8. The Balaban J connectivity index is 1.17. The van der Waals surface area contributed by atoms with Gasteiger partial charge in [-0.15, -0.1) is 0 Å². The maximum absolute atomic E-state index is 13.6. The molecule has 3 aromatic carbocycles. The molecule has 0 radical (unpaired) electrons. The normalized spacial score (nSPS) is 22.8. The standard InChI is InChI=1S/C38H41BrN2O6/c1-2-3-20-45-32-23-30-28(33(39)34(32)46-21-19-41-35(42)26-13-7-8-14-27(26)36(41)43)22-31-29-15-9-10-16-38(29,30)17-18-40(31)37(44)47-24-25-11-5-4-6-12-25/h4-8,11-14,23,29,31H,2-3,9-10,15-22,24H2,1H3/t29-,31+,38+/m1/s1. The third-order valence-corrected chi connectivity index (χ3v) is 11.5. The molecule has 2 bridgehead atoms. The van der Waals surface area contributed by atoms with Crippen LogP contribution in [0.2, 0.25) is 0 Å². The number of hydrogen-bond donors (Lipinski definition) is 0. The van der Waals surface area contributed by atoms with Gasteiger partial charge in [0.25, 0.3) is 11.8 Å². The first kappa shape index (κ1) is 31.7. The molecule has 4 aliphatic rings. The number of piperidine rings is 1. The highest BCUT2D eigenvalue weighted by Crippen LogP contribution is 2.59. The zero-order valence-electron chi connectivity index (χ0n) is 26.8. The van der Waals surface area contributed by atoms with Gasteiger partial charge in [0.1, 0.15) is 13.2 Å². The van der Waals surface area contributed by atoms with Crippen LogP contribution < -0.4 is 9.47 Å². The topological polar surface area (TPSA) is 85.4 Å². The molecule has 3 aromatic rings. The third-order valence-electron chi connectivity index (χ3n) is 10.6. The second-order valence-corrected chi connectivity index (χ2v) is 14.0. The first-order valence-electron chi connectivity index (χ1n) is 17.0. The van der Waals surface area contributed by atoms with Gasteiger partial charge >= 0.3 is 6.09 Å². The van der Waals surface area contributed by atoms with Crippen molar-refractivity contribution in [2.75, 3.05) is 26.3 Å². The van der Waals surface area contributed by atoms with Gasteiger partial charge < -0.3 is 19.1 Å². The number of carbonyl (C=O) groups excluding carboxylic acids is 3. The molecule has 2 aliphatic carbocycles. The van der Waals surface area contributed by atoms with Crippen molar-refractivity contribution >= 4 is 33.8 Å². The van der Waals surface area contributed by atoms with E-state index in [1.54, 1.807) is 24.3 Å². The van der Waals surface area contributed by atoms with E-state index < -0.39 is 0 Å². The lowest BCUT2D eigenvalue weighted by Gasteiger charge is -2.58. The molecule has 0 spiro atoms. The van der Waals surface area contributed by atoms with Gasteiger partial charge in [-0.3, -0.25) is 14.5 Å². The molecule has 3 atom stereocenters. The van der Waals surface area contributed by atoms with Crippen LogP contribution in [0, 0.1) is 5.92 Å². The van der Waals surface area contributed by atoms with E-state index in [9.17, 15) is 14.4 Å². The number of amides is 3. The Labute approximate surface area is 284 Å². The summed E-state index contributed by atoms with van der Waals surface area (Å²) in [5, 5.41) is 0. The van der Waals surface area contributed by atoms with E-state index in [1.807, 2.05) is 35.2 Å². The van der Waals surface area contributed by atoms with Crippen LogP contribution in [0.3, 0.4) is 0 Å². The molecule has 0 aromatic heterocycles. The van der Waals surface area contributed by atoms with E-state index >= 15 is 0 Å². The van der Waals surface area contributed by atoms with Gasteiger partial charge in [-0.05, 0) is 88.8 Å². The Morgan fingerprint density at radius 2 is 1.70 bits per heavy atom. The Bertz CT molecular complexity index is 1640. The summed E-state index contributed by atoms with van der Waals surface area (Å²) < 4.78 is 19.5. The number of carbonyl (C=O) groups is 3. The monoisotopic (exact) mass is 700 g/mol. The third kappa shape index (κ3) is 5.70. The van der Waals surface area contributed by atoms with Crippen LogP contribution >= 0.6 is 15.9 Å². The average molecular weight is 702 g/mol. The highest BCUT2D eigenvalue weighted by molar-refractivity contribution is 9.10. The van der Waals surface area contributed by atoms with E-state index in [0.29, 0.717) is 48.1 Å². The molecule has 2 fully saturated rings. The number of unbranched alkanes of at least 4 members (excludes halogenated alkanes) is 1. The largest absolute Gasteiger partial charge is 0.490 e. The molecule has 47 heavy (non-hydrogen) atoms. The highest BCUT2D eigenvalue weighted by atomic mass is 79.9. The summed E-state index contributed by atoms with van der Waals surface area (Å²) in [5.74, 6) is 1.02. The average Bonchev–Trinajstić information content (AvgIpc) is 3.34. The summed E-state index contributed by atoms with van der Waals surface area (Å²) >= 11 is 3.94. The number of hydrogen-bond acceptors (Lipinski definition) is 6. The van der Waals surface area contributed by atoms with Crippen molar-refractivity contribution in [2.45, 2.75) is 76.4 Å². The highest BCUT2D eigenvalue weighted by Gasteiger charge is 2.56. The van der Waals surface area contributed by atoms with Crippen LogP contribution in [0.25, 0.3) is 0 Å². The van der Waals surface area contributed by atoms with Crippen molar-refractivity contribution in [1.29, 1.82) is 0 Å². The Kier molecular flexibility index (Phi) is 9.01. The molecule has 8 nitrogen and oxygen atoms in total. The van der Waals surface area contributed by atoms with E-state index in [0.717, 1.165) is 60.5 Å². The predicted octanol–water partition coefficient (Wildman–Crippen LogP) is 7.70. The summed E-state index contributed by atoms with van der Waals surface area (Å²) in [6.45, 7) is 3.87. The van der Waals surface area contributed by atoms with Crippen LogP contribution in [0.1, 0.15) is 89.3 Å². The molecule has 1 saturated heterocycles. The molecule has 2 heterocycles. The SMILES string of the molecule is CCCCOc1cc2c(c(Br)c1OCCN1C(=O)c3ccccc3C1=O)C[C@H]1[C@H]3CCCC[C@@]23CCN1C(=O)OCc1ccccc1. The zero-order valence-corrected chi connectivity index (χ0v) is 28.4. The van der Waals surface area contributed by atoms with Crippen molar-refractivity contribution in [1.82, 2.24) is 9.80 Å². The fourth-order valence-corrected chi connectivity index (χ4v) is 9.03. The number of nitrogens with zero attached hydrogens (tertiary/aromatic N) is 2. The summed E-state index contributed by atoms with van der Waals surface area (Å²) in [6.07, 6.45) is 7.70. The molecule has 9 heteroatoms. The predicted molar refractivity (Wildman–Crippen MR) is 181 cm³/mol. The first-order valence-corrected chi connectivity index (χ1v) is 17.8. The minimum atomic E-state index is -0.298. The van der Waals surface area contributed by atoms with Crippen LogP contribution in [0.15, 0.2) is 65.1 Å². The second kappa shape index (κ2) is 13.3. The smallest absolute Gasteiger partial charge is 0.410 e. The molecule has 246 valence electrons.